The number of nitrogens with one attached hydrogen (secondary N) is 2. The Balaban J connectivity index is 1.49. The van der Waals surface area contributed by atoms with E-state index in [4.69, 9.17) is 16.3 Å². The quantitative estimate of drug-likeness (QED) is 0.168. The van der Waals surface area contributed by atoms with Crippen LogP contribution in [-0.2, 0) is 23.3 Å². The van der Waals surface area contributed by atoms with Gasteiger partial charge >= 0.3 is 0 Å². The summed E-state index contributed by atoms with van der Waals surface area (Å²) >= 11 is 9.24. The molecule has 0 saturated heterocycles. The fourth-order valence-electron chi connectivity index (χ4n) is 4.19. The number of aromatic nitrogens is 2. The van der Waals surface area contributed by atoms with Crippen molar-refractivity contribution in [1.29, 1.82) is 0 Å². The second kappa shape index (κ2) is 13.4. The number of amides is 2. The van der Waals surface area contributed by atoms with E-state index in [9.17, 15) is 9.59 Å². The van der Waals surface area contributed by atoms with Gasteiger partial charge in [0.05, 0.1) is 16.8 Å². The number of fused-ring (bicyclic) bond motifs is 1. The van der Waals surface area contributed by atoms with Gasteiger partial charge < -0.3 is 15.4 Å². The van der Waals surface area contributed by atoms with E-state index in [0.29, 0.717) is 41.2 Å². The average molecular weight is 559 g/mol. The molecule has 4 rings (SSSR count). The third-order valence-corrected chi connectivity index (χ3v) is 8.38. The van der Waals surface area contributed by atoms with Gasteiger partial charge in [0, 0.05) is 30.4 Å². The molecule has 0 fully saturated rings. The second-order valence-corrected chi connectivity index (χ2v) is 11.3. The number of anilines is 1. The van der Waals surface area contributed by atoms with Crippen LogP contribution in [0.5, 0.6) is 0 Å². The Morgan fingerprint density at radius 1 is 1.22 bits per heavy atom. The van der Waals surface area contributed by atoms with Crippen molar-refractivity contribution in [3.05, 3.63) is 68.3 Å². The van der Waals surface area contributed by atoms with Gasteiger partial charge in [-0.15, -0.1) is 11.3 Å². The zero-order chi connectivity index (χ0) is 26.2. The predicted molar refractivity (Wildman–Crippen MR) is 150 cm³/mol. The molecule has 1 aromatic carbocycles. The summed E-state index contributed by atoms with van der Waals surface area (Å²) in [4.78, 5) is 36.3. The number of carbonyl (C=O) groups is 2. The van der Waals surface area contributed by atoms with E-state index in [1.54, 1.807) is 0 Å². The number of hydrogen-bond acceptors (Lipinski definition) is 7. The summed E-state index contributed by atoms with van der Waals surface area (Å²) in [6.45, 7) is 5.75. The first-order valence-electron chi connectivity index (χ1n) is 12.5. The first-order chi connectivity index (χ1) is 18.0. The Hall–Kier alpha value is -2.46. The van der Waals surface area contributed by atoms with Gasteiger partial charge in [-0.1, -0.05) is 53.2 Å². The standard InChI is InChI=1S/C27H31ClN4O3S2/c1-3-35-13-7-12-29-24(33)22-19-10-4-5-11-21(19)37-26(22)32-25(34)23-20(28)15-30-27(31-23)36-16-18-9-6-8-17(2)14-18/h6,8-9,14-15H,3-5,7,10-13,16H2,1-2H3,(H,29,33)(H,32,34). The monoisotopic (exact) mass is 558 g/mol. The van der Waals surface area contributed by atoms with Crippen LogP contribution < -0.4 is 10.6 Å². The van der Waals surface area contributed by atoms with Gasteiger partial charge in [0.15, 0.2) is 10.9 Å². The van der Waals surface area contributed by atoms with Gasteiger partial charge in [-0.05, 0) is 57.1 Å². The number of aryl methyl sites for hydroxylation is 2. The Labute approximate surface area is 230 Å². The molecule has 7 nitrogen and oxygen atoms in total. The zero-order valence-electron chi connectivity index (χ0n) is 21.1. The molecule has 2 heterocycles. The van der Waals surface area contributed by atoms with Crippen LogP contribution in [0.1, 0.15) is 68.6 Å². The van der Waals surface area contributed by atoms with Crippen LogP contribution in [0, 0.1) is 6.92 Å². The van der Waals surface area contributed by atoms with E-state index in [0.717, 1.165) is 48.1 Å². The van der Waals surface area contributed by atoms with Crippen molar-refractivity contribution in [3.8, 4) is 0 Å². The summed E-state index contributed by atoms with van der Waals surface area (Å²) in [5.74, 6) is 0.0542. The van der Waals surface area contributed by atoms with Crippen LogP contribution in [0.4, 0.5) is 5.00 Å². The SMILES string of the molecule is CCOCCCNC(=O)c1c(NC(=O)c2nc(SCc3cccc(C)c3)ncc2Cl)sc2c1CCCC2. The number of halogens is 1. The highest BCUT2D eigenvalue weighted by Gasteiger charge is 2.27. The van der Waals surface area contributed by atoms with Crippen molar-refractivity contribution >= 4 is 51.5 Å². The summed E-state index contributed by atoms with van der Waals surface area (Å²) < 4.78 is 5.36. The molecule has 0 bridgehead atoms. The molecule has 196 valence electrons. The third kappa shape index (κ3) is 7.31. The number of carbonyl (C=O) groups excluding carboxylic acids is 2. The molecule has 0 aliphatic heterocycles. The van der Waals surface area contributed by atoms with E-state index >= 15 is 0 Å². The average Bonchev–Trinajstić information content (AvgIpc) is 3.25. The molecule has 3 aromatic rings. The van der Waals surface area contributed by atoms with Crippen molar-refractivity contribution in [3.63, 3.8) is 0 Å². The minimum atomic E-state index is -0.450. The van der Waals surface area contributed by atoms with E-state index in [2.05, 4.69) is 26.7 Å². The van der Waals surface area contributed by atoms with Crippen molar-refractivity contribution in [1.82, 2.24) is 15.3 Å². The van der Waals surface area contributed by atoms with Gasteiger partial charge in [0.2, 0.25) is 0 Å². The Kier molecular flexibility index (Phi) is 9.96. The largest absolute Gasteiger partial charge is 0.382 e. The molecule has 10 heteroatoms. The Morgan fingerprint density at radius 2 is 2.05 bits per heavy atom. The number of ether oxygens (including phenoxy) is 1. The number of benzene rings is 1. The smallest absolute Gasteiger partial charge is 0.276 e. The second-order valence-electron chi connectivity index (χ2n) is 8.80. The van der Waals surface area contributed by atoms with Crippen molar-refractivity contribution in [2.75, 3.05) is 25.1 Å². The fraction of sp³-hybridized carbons (Fsp3) is 0.407. The minimum Gasteiger partial charge on any atom is -0.382 e. The minimum absolute atomic E-state index is 0.0952. The van der Waals surface area contributed by atoms with E-state index in [1.165, 1.54) is 34.9 Å². The number of hydrogen-bond donors (Lipinski definition) is 2. The molecule has 0 atom stereocenters. The fourth-order valence-corrected chi connectivity index (χ4v) is 6.41. The lowest BCUT2D eigenvalue weighted by atomic mass is 9.95. The lowest BCUT2D eigenvalue weighted by Crippen LogP contribution is -2.27. The zero-order valence-corrected chi connectivity index (χ0v) is 23.5. The van der Waals surface area contributed by atoms with Gasteiger partial charge in [-0.25, -0.2) is 9.97 Å². The summed E-state index contributed by atoms with van der Waals surface area (Å²) in [5.41, 5.74) is 4.03. The molecular weight excluding hydrogens is 528 g/mol. The highest BCUT2D eigenvalue weighted by Crippen LogP contribution is 2.38. The van der Waals surface area contributed by atoms with Crippen LogP contribution in [0.3, 0.4) is 0 Å². The summed E-state index contributed by atoms with van der Waals surface area (Å²) in [6, 6.07) is 8.22. The van der Waals surface area contributed by atoms with E-state index in [-0.39, 0.29) is 16.6 Å². The van der Waals surface area contributed by atoms with Gasteiger partial charge in [-0.3, -0.25) is 9.59 Å². The summed E-state index contributed by atoms with van der Waals surface area (Å²) in [6.07, 6.45) is 6.03. The lowest BCUT2D eigenvalue weighted by Gasteiger charge is -2.13. The van der Waals surface area contributed by atoms with Crippen LogP contribution in [0.2, 0.25) is 5.02 Å². The Bertz CT molecular complexity index is 1260. The van der Waals surface area contributed by atoms with Crippen LogP contribution in [0.15, 0.2) is 35.6 Å². The molecule has 1 aliphatic carbocycles. The molecular formula is C27H31ClN4O3S2. The molecule has 0 saturated carbocycles. The molecule has 2 amide bonds. The maximum absolute atomic E-state index is 13.3. The van der Waals surface area contributed by atoms with Gasteiger partial charge in [-0.2, -0.15) is 0 Å². The summed E-state index contributed by atoms with van der Waals surface area (Å²) in [5, 5.41) is 7.10. The number of nitrogens with zero attached hydrogens (tertiary/aromatic N) is 2. The molecule has 1 aliphatic rings. The molecule has 2 aromatic heterocycles. The van der Waals surface area contributed by atoms with Crippen molar-refractivity contribution in [2.45, 2.75) is 56.9 Å². The van der Waals surface area contributed by atoms with Crippen molar-refractivity contribution < 1.29 is 14.3 Å². The van der Waals surface area contributed by atoms with E-state index < -0.39 is 5.91 Å². The lowest BCUT2D eigenvalue weighted by molar-refractivity contribution is 0.0944. The Morgan fingerprint density at radius 3 is 2.86 bits per heavy atom. The van der Waals surface area contributed by atoms with Crippen molar-refractivity contribution in [2.24, 2.45) is 0 Å². The van der Waals surface area contributed by atoms with Gasteiger partial charge in [0.1, 0.15) is 5.00 Å². The summed E-state index contributed by atoms with van der Waals surface area (Å²) in [7, 11) is 0. The molecule has 0 unspecified atom stereocenters. The van der Waals surface area contributed by atoms with Gasteiger partial charge in [0.25, 0.3) is 11.8 Å². The van der Waals surface area contributed by atoms with E-state index in [1.807, 2.05) is 32.0 Å². The first-order valence-corrected chi connectivity index (χ1v) is 14.7. The predicted octanol–water partition coefficient (Wildman–Crippen LogP) is 6.08. The highest BCUT2D eigenvalue weighted by atomic mass is 35.5. The van der Waals surface area contributed by atoms with Crippen LogP contribution in [0.25, 0.3) is 0 Å². The number of thioether (sulfide) groups is 1. The maximum Gasteiger partial charge on any atom is 0.276 e. The third-order valence-electron chi connectivity index (χ3n) is 5.97. The molecule has 2 N–H and O–H groups in total. The highest BCUT2D eigenvalue weighted by molar-refractivity contribution is 7.98. The van der Waals surface area contributed by atoms with Crippen LogP contribution >= 0.6 is 34.7 Å². The topological polar surface area (TPSA) is 93.2 Å². The molecule has 0 radical (unpaired) electrons. The number of rotatable bonds is 11. The normalized spacial score (nSPS) is 12.7. The molecule has 0 spiro atoms. The molecule has 37 heavy (non-hydrogen) atoms. The first kappa shape index (κ1) is 27.6. The maximum atomic E-state index is 13.3. The van der Waals surface area contributed by atoms with Crippen LogP contribution in [-0.4, -0.2) is 41.5 Å². The number of thiophene rings is 1.